The van der Waals surface area contributed by atoms with Crippen LogP contribution in [0.15, 0.2) is 121 Å². The molecule has 0 aliphatic rings. The van der Waals surface area contributed by atoms with Gasteiger partial charge in [-0.1, -0.05) is 96.1 Å². The van der Waals surface area contributed by atoms with Gasteiger partial charge in [-0.15, -0.1) is 0 Å². The Morgan fingerprint density at radius 2 is 0.492 bits per heavy atom. The average molecular weight is 855 g/mol. The van der Waals surface area contributed by atoms with E-state index in [1.807, 2.05) is 62.4 Å². The Hall–Kier alpha value is -6.31. The van der Waals surface area contributed by atoms with Crippen molar-refractivity contribution in [2.45, 2.75) is 72.3 Å². The smallest absolute Gasteiger partial charge is 0.416 e. The van der Waals surface area contributed by atoms with Gasteiger partial charge >= 0.3 is 18.5 Å². The third-order valence-electron chi connectivity index (χ3n) is 9.51. The fraction of sp³-hybridized carbons (Fsp3) is 0.234. The lowest BCUT2D eigenvalue weighted by Gasteiger charge is -2.25. The van der Waals surface area contributed by atoms with Gasteiger partial charge < -0.3 is 23.7 Å². The molecule has 14 heteroatoms. The Morgan fingerprint density at radius 3 is 0.721 bits per heavy atom. The summed E-state index contributed by atoms with van der Waals surface area (Å²) in [6.45, 7) is 4.51. The third-order valence-corrected chi connectivity index (χ3v) is 9.51. The van der Waals surface area contributed by atoms with Gasteiger partial charge in [-0.3, -0.25) is 0 Å². The number of alkyl halides is 9. The molecule has 0 radical (unpaired) electrons. The zero-order chi connectivity index (χ0) is 44.0. The molecule has 0 atom stereocenters. The molecule has 0 saturated carbocycles. The minimum atomic E-state index is -4.58. The van der Waals surface area contributed by atoms with Crippen molar-refractivity contribution in [2.24, 2.45) is 0 Å². The maximum atomic E-state index is 13.4. The van der Waals surface area contributed by atoms with Gasteiger partial charge in [0.25, 0.3) is 0 Å². The molecule has 6 aromatic carbocycles. The quantitative estimate of drug-likeness (QED) is 0.0963. The second-order valence-electron chi connectivity index (χ2n) is 14.3. The number of ether oxygens (including phenoxy) is 5. The van der Waals surface area contributed by atoms with Crippen molar-refractivity contribution in [1.82, 2.24) is 0 Å². The largest absolute Gasteiger partial charge is 0.484 e. The second-order valence-corrected chi connectivity index (χ2v) is 14.3. The molecule has 0 fully saturated rings. The molecular formula is C47H39F9O5. The molecule has 0 unspecified atom stereocenters. The molecule has 0 heterocycles. The van der Waals surface area contributed by atoms with Crippen LogP contribution in [0, 0.1) is 20.8 Å². The summed E-state index contributed by atoms with van der Waals surface area (Å²) in [4.78, 5) is 0. The van der Waals surface area contributed by atoms with Gasteiger partial charge in [-0.05, 0) is 85.0 Å². The van der Waals surface area contributed by atoms with Gasteiger partial charge in [0, 0.05) is 5.56 Å². The van der Waals surface area contributed by atoms with Crippen LogP contribution >= 0.6 is 0 Å². The maximum absolute atomic E-state index is 13.4. The fourth-order valence-electron chi connectivity index (χ4n) is 6.01. The normalized spacial score (nSPS) is 11.9. The number of hydrogen-bond donors (Lipinski definition) is 0. The summed E-state index contributed by atoms with van der Waals surface area (Å²) in [5.74, 6) is -0.0657. The van der Waals surface area contributed by atoms with E-state index in [9.17, 15) is 39.5 Å². The van der Waals surface area contributed by atoms with Crippen LogP contribution in [-0.4, -0.2) is 0 Å². The Kier molecular flexibility index (Phi) is 13.4. The molecule has 320 valence electrons. The molecule has 6 aromatic rings. The highest BCUT2D eigenvalue weighted by molar-refractivity contribution is 5.70. The molecule has 0 aromatic heterocycles. The van der Waals surface area contributed by atoms with Crippen LogP contribution in [0.2, 0.25) is 0 Å². The van der Waals surface area contributed by atoms with Crippen LogP contribution in [0.4, 0.5) is 39.5 Å². The first-order chi connectivity index (χ1) is 28.8. The lowest BCUT2D eigenvalue weighted by Crippen LogP contribution is -2.11. The average Bonchev–Trinajstić information content (AvgIpc) is 3.21. The van der Waals surface area contributed by atoms with Gasteiger partial charge in [0.2, 0.25) is 17.2 Å². The first kappa shape index (κ1) is 44.2. The first-order valence-electron chi connectivity index (χ1n) is 18.8. The Bertz CT molecular complexity index is 2230. The van der Waals surface area contributed by atoms with E-state index >= 15 is 0 Å². The van der Waals surface area contributed by atoms with Crippen molar-refractivity contribution < 1.29 is 63.2 Å². The maximum Gasteiger partial charge on any atom is 0.416 e. The highest BCUT2D eigenvalue weighted by Crippen LogP contribution is 2.55. The summed E-state index contributed by atoms with van der Waals surface area (Å²) in [7, 11) is 0. The predicted molar refractivity (Wildman–Crippen MR) is 210 cm³/mol. The molecule has 61 heavy (non-hydrogen) atoms. The zero-order valence-electron chi connectivity index (χ0n) is 33.0. The zero-order valence-corrected chi connectivity index (χ0v) is 33.0. The molecule has 0 amide bonds. The van der Waals surface area contributed by atoms with Crippen LogP contribution in [0.5, 0.6) is 28.7 Å². The monoisotopic (exact) mass is 854 g/mol. The molecule has 0 spiro atoms. The Morgan fingerprint density at radius 1 is 0.295 bits per heavy atom. The van der Waals surface area contributed by atoms with E-state index in [0.29, 0.717) is 16.7 Å². The van der Waals surface area contributed by atoms with E-state index in [-0.39, 0.29) is 67.3 Å². The third kappa shape index (κ3) is 11.7. The van der Waals surface area contributed by atoms with Crippen molar-refractivity contribution in [1.29, 1.82) is 0 Å². The van der Waals surface area contributed by atoms with Crippen molar-refractivity contribution in [2.75, 3.05) is 0 Å². The number of benzene rings is 6. The minimum Gasteiger partial charge on any atom is -0.484 e. The van der Waals surface area contributed by atoms with E-state index < -0.39 is 35.2 Å². The number of aryl methyl sites for hydroxylation is 2. The molecule has 6 rings (SSSR count). The van der Waals surface area contributed by atoms with Gasteiger partial charge in [0.15, 0.2) is 11.5 Å². The molecule has 5 nitrogen and oxygen atoms in total. The number of hydrogen-bond acceptors (Lipinski definition) is 5. The van der Waals surface area contributed by atoms with Crippen molar-refractivity contribution in [3.8, 4) is 28.7 Å². The van der Waals surface area contributed by atoms with E-state index in [2.05, 4.69) is 0 Å². The van der Waals surface area contributed by atoms with Gasteiger partial charge in [-0.2, -0.15) is 39.5 Å². The number of rotatable bonds is 15. The van der Waals surface area contributed by atoms with Crippen LogP contribution in [-0.2, 0) is 51.6 Å². The van der Waals surface area contributed by atoms with Crippen LogP contribution in [0.25, 0.3) is 0 Å². The molecule has 0 bridgehead atoms. The molecular weight excluding hydrogens is 815 g/mol. The molecule has 0 aliphatic heterocycles. The van der Waals surface area contributed by atoms with Crippen molar-refractivity contribution in [3.05, 3.63) is 183 Å². The van der Waals surface area contributed by atoms with E-state index in [1.54, 1.807) is 6.92 Å². The topological polar surface area (TPSA) is 46.2 Å². The van der Waals surface area contributed by atoms with Gasteiger partial charge in [0.1, 0.15) is 33.0 Å². The van der Waals surface area contributed by atoms with Crippen LogP contribution in [0.1, 0.15) is 61.2 Å². The van der Waals surface area contributed by atoms with Gasteiger partial charge in [0.05, 0.1) is 16.7 Å². The molecule has 0 N–H and O–H groups in total. The van der Waals surface area contributed by atoms with E-state index in [0.717, 1.165) is 58.7 Å². The second kappa shape index (κ2) is 18.5. The fourth-order valence-corrected chi connectivity index (χ4v) is 6.01. The van der Waals surface area contributed by atoms with Crippen molar-refractivity contribution in [3.63, 3.8) is 0 Å². The summed E-state index contributed by atoms with van der Waals surface area (Å²) in [6, 6.07) is 27.9. The summed E-state index contributed by atoms with van der Waals surface area (Å²) >= 11 is 0. The standard InChI is InChI=1S/C47H39F9O5/c1-29-4-8-32(9-5-29)26-59-42-40(57-24-34-12-18-37(19-13-34)45(48,49)50)31(3)41(58-25-35-14-20-38(21-15-35)46(51,52)53)43(60-27-33-10-6-30(2)7-11-33)44(42)61-28-36-16-22-39(23-17-36)47(54,55)56/h4-23H,24-28H2,1-3H3. The summed E-state index contributed by atoms with van der Waals surface area (Å²) in [5, 5.41) is 0. The predicted octanol–water partition coefficient (Wildman–Crippen LogP) is 13.6. The highest BCUT2D eigenvalue weighted by Gasteiger charge is 2.33. The van der Waals surface area contributed by atoms with Crippen molar-refractivity contribution >= 4 is 0 Å². The number of halogens is 9. The Balaban J connectivity index is 1.48. The van der Waals surface area contributed by atoms with E-state index in [1.165, 1.54) is 36.4 Å². The summed E-state index contributed by atoms with van der Waals surface area (Å²) in [6.07, 6.45) is -13.7. The van der Waals surface area contributed by atoms with Crippen LogP contribution in [0.3, 0.4) is 0 Å². The lowest BCUT2D eigenvalue weighted by molar-refractivity contribution is -0.138. The lowest BCUT2D eigenvalue weighted by atomic mass is 10.1. The summed E-state index contributed by atoms with van der Waals surface area (Å²) in [5.41, 5.74) is 2.18. The molecule has 0 saturated heterocycles. The van der Waals surface area contributed by atoms with E-state index in [4.69, 9.17) is 23.7 Å². The minimum absolute atomic E-state index is 0.0160. The Labute approximate surface area is 346 Å². The first-order valence-corrected chi connectivity index (χ1v) is 18.8. The van der Waals surface area contributed by atoms with Gasteiger partial charge in [-0.25, -0.2) is 0 Å². The highest BCUT2D eigenvalue weighted by atomic mass is 19.4. The van der Waals surface area contributed by atoms with Crippen LogP contribution < -0.4 is 23.7 Å². The molecule has 0 aliphatic carbocycles. The summed E-state index contributed by atoms with van der Waals surface area (Å²) < 4.78 is 153. The SMILES string of the molecule is Cc1ccc(COc2c(OCc3ccc(C(F)(F)F)cc3)c(C)c(OCc3ccc(C(F)(F)F)cc3)c(OCc3ccc(C)cc3)c2OCc2ccc(C(F)(F)F)cc2)cc1.